The van der Waals surface area contributed by atoms with E-state index in [9.17, 15) is 5.11 Å². The molecule has 2 unspecified atom stereocenters. The zero-order valence-electron chi connectivity index (χ0n) is 19.8. The second-order valence-corrected chi connectivity index (χ2v) is 8.15. The van der Waals surface area contributed by atoms with Gasteiger partial charge in [0, 0.05) is 44.7 Å². The molecule has 182 valence electrons. The molecule has 3 rings (SSSR count). The van der Waals surface area contributed by atoms with Gasteiger partial charge in [-0.25, -0.2) is 0 Å². The van der Waals surface area contributed by atoms with Gasteiger partial charge in [-0.3, -0.25) is 9.89 Å². The van der Waals surface area contributed by atoms with E-state index >= 15 is 0 Å². The van der Waals surface area contributed by atoms with E-state index in [1.807, 2.05) is 36.4 Å². The summed E-state index contributed by atoms with van der Waals surface area (Å²) in [6, 6.07) is 16.3. The Bertz CT molecular complexity index is 844. The molecule has 0 aromatic heterocycles. The number of rotatable bonds is 10. The first kappa shape index (κ1) is 27.2. The summed E-state index contributed by atoms with van der Waals surface area (Å²) >= 11 is 0. The third-order valence-electron chi connectivity index (χ3n) is 5.55. The summed E-state index contributed by atoms with van der Waals surface area (Å²) in [5, 5.41) is 17.2. The van der Waals surface area contributed by atoms with Crippen LogP contribution in [0.4, 0.5) is 0 Å². The van der Waals surface area contributed by atoms with Crippen molar-refractivity contribution >= 4 is 29.9 Å². The molecule has 2 aromatic rings. The second kappa shape index (κ2) is 14.3. The Morgan fingerprint density at radius 1 is 1.12 bits per heavy atom. The van der Waals surface area contributed by atoms with Crippen LogP contribution in [-0.4, -0.2) is 68.5 Å². The van der Waals surface area contributed by atoms with Crippen molar-refractivity contribution in [2.75, 3.05) is 40.4 Å². The van der Waals surface area contributed by atoms with E-state index in [1.54, 1.807) is 14.2 Å². The molecule has 8 heteroatoms. The first-order chi connectivity index (χ1) is 15.6. The van der Waals surface area contributed by atoms with Crippen molar-refractivity contribution in [3.63, 3.8) is 0 Å². The van der Waals surface area contributed by atoms with Crippen LogP contribution < -0.4 is 20.1 Å². The predicted molar refractivity (Wildman–Crippen MR) is 144 cm³/mol. The van der Waals surface area contributed by atoms with Gasteiger partial charge in [0.1, 0.15) is 11.5 Å². The Labute approximate surface area is 214 Å². The number of nitrogens with one attached hydrogen (secondary N) is 2. The predicted octanol–water partition coefficient (Wildman–Crippen LogP) is 3.05. The molecule has 1 heterocycles. The van der Waals surface area contributed by atoms with Crippen LogP contribution in [0.5, 0.6) is 11.5 Å². The maximum atomic E-state index is 10.4. The first-order valence-corrected chi connectivity index (χ1v) is 11.3. The van der Waals surface area contributed by atoms with E-state index in [4.69, 9.17) is 9.47 Å². The summed E-state index contributed by atoms with van der Waals surface area (Å²) in [5.74, 6) is 2.38. The normalized spacial score (nSPS) is 17.2. The molecule has 0 bridgehead atoms. The number of aliphatic hydroxyl groups is 1. The zero-order valence-corrected chi connectivity index (χ0v) is 22.1. The van der Waals surface area contributed by atoms with Crippen LogP contribution in [0.3, 0.4) is 0 Å². The minimum atomic E-state index is -0.504. The van der Waals surface area contributed by atoms with Crippen LogP contribution in [0.15, 0.2) is 53.5 Å². The molecule has 0 spiro atoms. The standard InChI is InChI=1S/C25H36N4O3.HI/c1-4-26-25(27-16-22(30)12-19-8-6-5-7-9-19)28-21-10-11-29(18-21)17-20-13-23(31-2)15-24(14-20)32-3;/h5-9,13-15,21-22,30H,4,10-12,16-18H2,1-3H3,(H2,26,27,28);1H. The number of benzene rings is 2. The molecule has 1 aliphatic rings. The fraction of sp³-hybridized carbons (Fsp3) is 0.480. The van der Waals surface area contributed by atoms with Gasteiger partial charge in [-0.15, -0.1) is 24.0 Å². The highest BCUT2D eigenvalue weighted by Gasteiger charge is 2.23. The highest BCUT2D eigenvalue weighted by Crippen LogP contribution is 2.24. The minimum Gasteiger partial charge on any atom is -0.497 e. The number of aliphatic imine (C=N–C) groups is 1. The van der Waals surface area contributed by atoms with E-state index in [0.29, 0.717) is 19.0 Å². The van der Waals surface area contributed by atoms with Crippen molar-refractivity contribution in [2.24, 2.45) is 4.99 Å². The topological polar surface area (TPSA) is 78.4 Å². The summed E-state index contributed by atoms with van der Waals surface area (Å²) in [6.07, 6.45) is 1.14. The van der Waals surface area contributed by atoms with Crippen molar-refractivity contribution in [1.29, 1.82) is 0 Å². The number of hydrogen-bond acceptors (Lipinski definition) is 5. The van der Waals surface area contributed by atoms with E-state index in [0.717, 1.165) is 55.6 Å². The molecule has 0 radical (unpaired) electrons. The van der Waals surface area contributed by atoms with Gasteiger partial charge in [0.15, 0.2) is 5.96 Å². The summed E-state index contributed by atoms with van der Waals surface area (Å²) in [7, 11) is 3.35. The lowest BCUT2D eigenvalue weighted by atomic mass is 10.1. The third kappa shape index (κ3) is 9.02. The van der Waals surface area contributed by atoms with E-state index in [2.05, 4.69) is 39.6 Å². The van der Waals surface area contributed by atoms with Crippen LogP contribution in [-0.2, 0) is 13.0 Å². The van der Waals surface area contributed by atoms with E-state index in [-0.39, 0.29) is 24.0 Å². The molecule has 2 atom stereocenters. The number of guanidine groups is 1. The summed E-state index contributed by atoms with van der Waals surface area (Å²) in [4.78, 5) is 7.04. The zero-order chi connectivity index (χ0) is 22.8. The van der Waals surface area contributed by atoms with Crippen LogP contribution in [0.1, 0.15) is 24.5 Å². The Kier molecular flexibility index (Phi) is 11.8. The Hall–Kier alpha value is -2.04. The molecule has 1 aliphatic heterocycles. The van der Waals surface area contributed by atoms with Gasteiger partial charge in [0.25, 0.3) is 0 Å². The largest absolute Gasteiger partial charge is 0.497 e. The monoisotopic (exact) mass is 568 g/mol. The fourth-order valence-electron chi connectivity index (χ4n) is 3.97. The average molecular weight is 569 g/mol. The number of hydrogen-bond donors (Lipinski definition) is 3. The first-order valence-electron chi connectivity index (χ1n) is 11.3. The summed E-state index contributed by atoms with van der Waals surface area (Å²) < 4.78 is 10.8. The van der Waals surface area contributed by atoms with Crippen molar-refractivity contribution in [3.05, 3.63) is 59.7 Å². The molecular weight excluding hydrogens is 531 g/mol. The maximum Gasteiger partial charge on any atom is 0.191 e. The lowest BCUT2D eigenvalue weighted by Crippen LogP contribution is -2.45. The van der Waals surface area contributed by atoms with Crippen molar-refractivity contribution < 1.29 is 14.6 Å². The van der Waals surface area contributed by atoms with Crippen LogP contribution in [0.2, 0.25) is 0 Å². The molecule has 0 aliphatic carbocycles. The van der Waals surface area contributed by atoms with E-state index in [1.165, 1.54) is 5.56 Å². The molecule has 33 heavy (non-hydrogen) atoms. The van der Waals surface area contributed by atoms with Crippen LogP contribution >= 0.6 is 24.0 Å². The van der Waals surface area contributed by atoms with Gasteiger partial charge in [-0.05, 0) is 36.6 Å². The quantitative estimate of drug-likeness (QED) is 0.233. The number of halogens is 1. The highest BCUT2D eigenvalue weighted by atomic mass is 127. The van der Waals surface area contributed by atoms with Crippen molar-refractivity contribution in [2.45, 2.75) is 38.5 Å². The molecule has 1 fully saturated rings. The van der Waals surface area contributed by atoms with Gasteiger partial charge >= 0.3 is 0 Å². The number of aliphatic hydroxyl groups excluding tert-OH is 1. The third-order valence-corrected chi connectivity index (χ3v) is 5.55. The minimum absolute atomic E-state index is 0. The average Bonchev–Trinajstić information content (AvgIpc) is 3.24. The molecule has 1 saturated heterocycles. The molecule has 7 nitrogen and oxygen atoms in total. The highest BCUT2D eigenvalue weighted by molar-refractivity contribution is 14.0. The fourth-order valence-corrected chi connectivity index (χ4v) is 3.97. The summed E-state index contributed by atoms with van der Waals surface area (Å²) in [6.45, 7) is 5.97. The number of methoxy groups -OCH3 is 2. The molecule has 0 saturated carbocycles. The van der Waals surface area contributed by atoms with Gasteiger partial charge < -0.3 is 25.2 Å². The Morgan fingerprint density at radius 3 is 2.45 bits per heavy atom. The van der Waals surface area contributed by atoms with Crippen molar-refractivity contribution in [3.8, 4) is 11.5 Å². The van der Waals surface area contributed by atoms with Crippen LogP contribution in [0.25, 0.3) is 0 Å². The van der Waals surface area contributed by atoms with Crippen LogP contribution in [0, 0.1) is 0 Å². The smallest absolute Gasteiger partial charge is 0.191 e. The number of nitrogens with zero attached hydrogens (tertiary/aromatic N) is 2. The van der Waals surface area contributed by atoms with E-state index < -0.39 is 6.10 Å². The molecule has 2 aromatic carbocycles. The van der Waals surface area contributed by atoms with Gasteiger partial charge in [0.05, 0.1) is 26.9 Å². The SMILES string of the molecule is CCNC(=NCC(O)Cc1ccccc1)NC1CCN(Cc2cc(OC)cc(OC)c2)C1.I. The molecular formula is C25H37IN4O3. The lowest BCUT2D eigenvalue weighted by Gasteiger charge is -2.20. The maximum absolute atomic E-state index is 10.4. The van der Waals surface area contributed by atoms with Gasteiger partial charge in [-0.1, -0.05) is 30.3 Å². The van der Waals surface area contributed by atoms with Gasteiger partial charge in [0.2, 0.25) is 0 Å². The van der Waals surface area contributed by atoms with Gasteiger partial charge in [-0.2, -0.15) is 0 Å². The molecule has 3 N–H and O–H groups in total. The lowest BCUT2D eigenvalue weighted by molar-refractivity contribution is 0.183. The Balaban J connectivity index is 0.00000385. The molecule has 0 amide bonds. The Morgan fingerprint density at radius 2 is 1.82 bits per heavy atom. The second-order valence-electron chi connectivity index (χ2n) is 8.15. The number of likely N-dealkylation sites (tertiary alicyclic amines) is 1. The van der Waals surface area contributed by atoms with Crippen molar-refractivity contribution in [1.82, 2.24) is 15.5 Å². The number of ether oxygens (including phenoxy) is 2. The summed E-state index contributed by atoms with van der Waals surface area (Å²) in [5.41, 5.74) is 2.29.